The van der Waals surface area contributed by atoms with Gasteiger partial charge in [-0.2, -0.15) is 0 Å². The van der Waals surface area contributed by atoms with Gasteiger partial charge in [0.1, 0.15) is 0 Å². The molecule has 0 heterocycles. The van der Waals surface area contributed by atoms with E-state index in [0.717, 1.165) is 42.9 Å². The average molecular weight is 297 g/mol. The van der Waals surface area contributed by atoms with E-state index in [-0.39, 0.29) is 6.61 Å². The number of aliphatic hydroxyl groups excluding tert-OH is 1. The maximum atomic E-state index is 8.77. The molecule has 0 aromatic heterocycles. The van der Waals surface area contributed by atoms with E-state index in [9.17, 15) is 0 Å². The fourth-order valence-electron chi connectivity index (χ4n) is 1.99. The molecule has 0 aliphatic carbocycles. The summed E-state index contributed by atoms with van der Waals surface area (Å²) < 4.78 is 16.3. The van der Waals surface area contributed by atoms with E-state index in [2.05, 4.69) is 5.32 Å². The van der Waals surface area contributed by atoms with Crippen LogP contribution in [0.3, 0.4) is 0 Å². The molecule has 0 fully saturated rings. The Morgan fingerprint density at radius 1 is 1.10 bits per heavy atom. The molecular weight excluding hydrogens is 270 g/mol. The summed E-state index contributed by atoms with van der Waals surface area (Å²) in [6.45, 7) is 3.06. The molecule has 0 unspecified atom stereocenters. The third kappa shape index (κ3) is 6.80. The molecule has 2 N–H and O–H groups in total. The minimum Gasteiger partial charge on any atom is -0.493 e. The minimum absolute atomic E-state index is 0.239. The van der Waals surface area contributed by atoms with E-state index in [0.29, 0.717) is 19.8 Å². The van der Waals surface area contributed by atoms with E-state index in [1.165, 1.54) is 0 Å². The van der Waals surface area contributed by atoms with Crippen molar-refractivity contribution in [3.63, 3.8) is 0 Å². The van der Waals surface area contributed by atoms with Crippen molar-refractivity contribution in [3.8, 4) is 11.5 Å². The Morgan fingerprint density at radius 3 is 2.67 bits per heavy atom. The van der Waals surface area contributed by atoms with Crippen molar-refractivity contribution < 1.29 is 19.3 Å². The number of ether oxygens (including phenoxy) is 3. The van der Waals surface area contributed by atoms with Crippen molar-refractivity contribution >= 4 is 0 Å². The third-order valence-electron chi connectivity index (χ3n) is 3.13. The summed E-state index contributed by atoms with van der Waals surface area (Å²) in [5, 5.41) is 12.1. The maximum absolute atomic E-state index is 8.77. The predicted molar refractivity (Wildman–Crippen MR) is 83.0 cm³/mol. The zero-order chi connectivity index (χ0) is 15.3. The minimum atomic E-state index is 0.239. The van der Waals surface area contributed by atoms with Gasteiger partial charge in [-0.3, -0.25) is 0 Å². The lowest BCUT2D eigenvalue weighted by atomic mass is 10.2. The predicted octanol–water partition coefficient (Wildman–Crippen LogP) is 1.97. The van der Waals surface area contributed by atoms with Crippen molar-refractivity contribution in [1.29, 1.82) is 0 Å². The van der Waals surface area contributed by atoms with Crippen LogP contribution >= 0.6 is 0 Å². The number of aliphatic hydroxyl groups is 1. The average Bonchev–Trinajstić information content (AvgIpc) is 2.52. The normalized spacial score (nSPS) is 10.6. The van der Waals surface area contributed by atoms with E-state index in [4.69, 9.17) is 19.3 Å². The summed E-state index contributed by atoms with van der Waals surface area (Å²) in [6, 6.07) is 5.90. The van der Waals surface area contributed by atoms with E-state index < -0.39 is 0 Å². The van der Waals surface area contributed by atoms with E-state index in [1.807, 2.05) is 18.2 Å². The number of hydrogen-bond donors (Lipinski definition) is 2. The van der Waals surface area contributed by atoms with Crippen LogP contribution in [0.15, 0.2) is 18.2 Å². The van der Waals surface area contributed by atoms with Crippen LogP contribution in [-0.2, 0) is 11.3 Å². The second-order valence-corrected chi connectivity index (χ2v) is 4.75. The van der Waals surface area contributed by atoms with Crippen LogP contribution in [0.4, 0.5) is 0 Å². The van der Waals surface area contributed by atoms with Gasteiger partial charge >= 0.3 is 0 Å². The quantitative estimate of drug-likeness (QED) is 0.578. The summed E-state index contributed by atoms with van der Waals surface area (Å²) in [7, 11) is 3.34. The zero-order valence-corrected chi connectivity index (χ0v) is 13.1. The Morgan fingerprint density at radius 2 is 1.95 bits per heavy atom. The molecule has 21 heavy (non-hydrogen) atoms. The Hall–Kier alpha value is -1.30. The lowest BCUT2D eigenvalue weighted by Gasteiger charge is -2.15. The van der Waals surface area contributed by atoms with Gasteiger partial charge in [0, 0.05) is 32.4 Å². The molecule has 0 aliphatic heterocycles. The second-order valence-electron chi connectivity index (χ2n) is 4.75. The second kappa shape index (κ2) is 11.4. The van der Waals surface area contributed by atoms with Crippen molar-refractivity contribution in [2.24, 2.45) is 0 Å². The highest BCUT2D eigenvalue weighted by Gasteiger charge is 2.10. The van der Waals surface area contributed by atoms with Gasteiger partial charge in [0.2, 0.25) is 0 Å². The van der Waals surface area contributed by atoms with Gasteiger partial charge < -0.3 is 24.6 Å². The van der Waals surface area contributed by atoms with Gasteiger partial charge in [-0.1, -0.05) is 12.1 Å². The molecule has 0 aliphatic rings. The molecule has 120 valence electrons. The Balaban J connectivity index is 2.55. The number of methoxy groups -OCH3 is 2. The first kappa shape index (κ1) is 17.8. The van der Waals surface area contributed by atoms with Gasteiger partial charge in [-0.25, -0.2) is 0 Å². The number of para-hydroxylation sites is 1. The van der Waals surface area contributed by atoms with Crippen LogP contribution in [0.25, 0.3) is 0 Å². The van der Waals surface area contributed by atoms with Crippen molar-refractivity contribution in [3.05, 3.63) is 23.8 Å². The van der Waals surface area contributed by atoms with Gasteiger partial charge in [0.05, 0.1) is 20.3 Å². The van der Waals surface area contributed by atoms with Gasteiger partial charge in [0.25, 0.3) is 0 Å². The van der Waals surface area contributed by atoms with Crippen molar-refractivity contribution in [2.45, 2.75) is 25.8 Å². The first-order valence-electron chi connectivity index (χ1n) is 7.42. The molecule has 5 nitrogen and oxygen atoms in total. The fourth-order valence-corrected chi connectivity index (χ4v) is 1.99. The van der Waals surface area contributed by atoms with Gasteiger partial charge in [-0.05, 0) is 25.3 Å². The fraction of sp³-hybridized carbons (Fsp3) is 0.625. The highest BCUT2D eigenvalue weighted by Crippen LogP contribution is 2.31. The molecule has 0 spiro atoms. The zero-order valence-electron chi connectivity index (χ0n) is 13.1. The molecule has 1 rings (SSSR count). The molecular formula is C16H27NO4. The van der Waals surface area contributed by atoms with Crippen molar-refractivity contribution in [1.82, 2.24) is 5.32 Å². The number of nitrogens with one attached hydrogen (secondary N) is 1. The SMILES string of the molecule is COCCNCc1cccc(OC)c1OCCCCCO. The highest BCUT2D eigenvalue weighted by atomic mass is 16.5. The van der Waals surface area contributed by atoms with Crippen LogP contribution in [0, 0.1) is 0 Å². The topological polar surface area (TPSA) is 60.0 Å². The third-order valence-corrected chi connectivity index (χ3v) is 3.13. The number of hydrogen-bond acceptors (Lipinski definition) is 5. The number of benzene rings is 1. The molecule has 1 aromatic carbocycles. The first-order chi connectivity index (χ1) is 10.3. The molecule has 0 saturated heterocycles. The lowest BCUT2D eigenvalue weighted by molar-refractivity contribution is 0.199. The largest absolute Gasteiger partial charge is 0.493 e. The van der Waals surface area contributed by atoms with Crippen LogP contribution in [-0.4, -0.2) is 45.7 Å². The van der Waals surface area contributed by atoms with Crippen LogP contribution in [0.2, 0.25) is 0 Å². The summed E-state index contributed by atoms with van der Waals surface area (Å²) in [4.78, 5) is 0. The Bertz CT molecular complexity index is 385. The molecule has 1 aromatic rings. The molecule has 0 atom stereocenters. The maximum Gasteiger partial charge on any atom is 0.165 e. The van der Waals surface area contributed by atoms with Crippen LogP contribution in [0.1, 0.15) is 24.8 Å². The summed E-state index contributed by atoms with van der Waals surface area (Å²) in [5.74, 6) is 1.55. The molecule has 0 bridgehead atoms. The van der Waals surface area contributed by atoms with Crippen LogP contribution < -0.4 is 14.8 Å². The number of unbranched alkanes of at least 4 members (excludes halogenated alkanes) is 2. The van der Waals surface area contributed by atoms with E-state index in [1.54, 1.807) is 14.2 Å². The molecule has 0 saturated carbocycles. The molecule has 0 amide bonds. The van der Waals surface area contributed by atoms with Gasteiger partial charge in [0.15, 0.2) is 11.5 Å². The lowest BCUT2D eigenvalue weighted by Crippen LogP contribution is -2.19. The summed E-state index contributed by atoms with van der Waals surface area (Å²) in [6.07, 6.45) is 2.71. The summed E-state index contributed by atoms with van der Waals surface area (Å²) >= 11 is 0. The smallest absolute Gasteiger partial charge is 0.165 e. The van der Waals surface area contributed by atoms with Crippen LogP contribution in [0.5, 0.6) is 11.5 Å². The van der Waals surface area contributed by atoms with E-state index >= 15 is 0 Å². The summed E-state index contributed by atoms with van der Waals surface area (Å²) in [5.41, 5.74) is 1.08. The standard InChI is InChI=1S/C16H27NO4/c1-19-12-9-17-13-14-7-6-8-15(20-2)16(14)21-11-5-3-4-10-18/h6-8,17-18H,3-5,9-13H2,1-2H3. The first-order valence-corrected chi connectivity index (χ1v) is 7.42. The monoisotopic (exact) mass is 297 g/mol. The molecule has 5 heteroatoms. The molecule has 0 radical (unpaired) electrons. The Kier molecular flexibility index (Phi) is 9.61. The Labute approximate surface area is 127 Å². The van der Waals surface area contributed by atoms with Crippen molar-refractivity contribution in [2.75, 3.05) is 40.6 Å². The van der Waals surface area contributed by atoms with Gasteiger partial charge in [-0.15, -0.1) is 0 Å². The number of rotatable bonds is 12. The highest BCUT2D eigenvalue weighted by molar-refractivity contribution is 5.46.